The Labute approximate surface area is 101 Å². The molecule has 0 spiro atoms. The first-order chi connectivity index (χ1) is 7.77. The highest BCUT2D eigenvalue weighted by molar-refractivity contribution is 4.71. The highest BCUT2D eigenvalue weighted by Crippen LogP contribution is 2.08. The van der Waals surface area contributed by atoms with Gasteiger partial charge < -0.3 is 9.64 Å². The molecule has 96 valence electrons. The molecule has 1 aliphatic heterocycles. The van der Waals surface area contributed by atoms with Gasteiger partial charge in [-0.3, -0.25) is 4.90 Å². The molecule has 3 nitrogen and oxygen atoms in total. The van der Waals surface area contributed by atoms with Crippen LogP contribution in [0.25, 0.3) is 0 Å². The fourth-order valence-electron chi connectivity index (χ4n) is 2.31. The number of morpholine rings is 1. The third-order valence-corrected chi connectivity index (χ3v) is 3.52. The largest absolute Gasteiger partial charge is 0.379 e. The second kappa shape index (κ2) is 8.04. The normalized spacial score (nSPS) is 20.2. The minimum atomic E-state index is 0.704. The van der Waals surface area contributed by atoms with Gasteiger partial charge in [-0.15, -0.1) is 0 Å². The SMILES string of the molecule is CCCN(CC)CC[C@H](C)N1CCOCC1. The van der Waals surface area contributed by atoms with E-state index in [9.17, 15) is 0 Å². The maximum atomic E-state index is 5.38. The van der Waals surface area contributed by atoms with Crippen molar-refractivity contribution in [3.63, 3.8) is 0 Å². The molecular formula is C13H28N2O. The minimum Gasteiger partial charge on any atom is -0.379 e. The van der Waals surface area contributed by atoms with E-state index < -0.39 is 0 Å². The molecule has 1 fully saturated rings. The molecule has 3 heteroatoms. The van der Waals surface area contributed by atoms with Crippen LogP contribution >= 0.6 is 0 Å². The van der Waals surface area contributed by atoms with Gasteiger partial charge in [0.1, 0.15) is 0 Å². The maximum absolute atomic E-state index is 5.38. The molecule has 0 bridgehead atoms. The Morgan fingerprint density at radius 3 is 2.44 bits per heavy atom. The molecule has 0 aliphatic carbocycles. The van der Waals surface area contributed by atoms with Gasteiger partial charge >= 0.3 is 0 Å². The molecule has 0 unspecified atom stereocenters. The van der Waals surface area contributed by atoms with Crippen molar-refractivity contribution in [1.82, 2.24) is 9.80 Å². The third-order valence-electron chi connectivity index (χ3n) is 3.52. The van der Waals surface area contributed by atoms with Crippen LogP contribution in [0.5, 0.6) is 0 Å². The molecule has 0 N–H and O–H groups in total. The van der Waals surface area contributed by atoms with Crippen molar-refractivity contribution < 1.29 is 4.74 Å². The molecule has 16 heavy (non-hydrogen) atoms. The van der Waals surface area contributed by atoms with Crippen LogP contribution in [-0.4, -0.2) is 61.8 Å². The van der Waals surface area contributed by atoms with Crippen LogP contribution in [0.4, 0.5) is 0 Å². The minimum absolute atomic E-state index is 0.704. The lowest BCUT2D eigenvalue weighted by atomic mass is 10.2. The van der Waals surface area contributed by atoms with Crippen LogP contribution in [0.3, 0.4) is 0 Å². The molecule has 1 heterocycles. The first-order valence-electron chi connectivity index (χ1n) is 6.82. The number of nitrogens with zero attached hydrogens (tertiary/aromatic N) is 2. The summed E-state index contributed by atoms with van der Waals surface area (Å²) in [6.45, 7) is 14.6. The van der Waals surface area contributed by atoms with Crippen LogP contribution < -0.4 is 0 Å². The van der Waals surface area contributed by atoms with E-state index in [1.54, 1.807) is 0 Å². The molecule has 1 aliphatic rings. The summed E-state index contributed by atoms with van der Waals surface area (Å²) < 4.78 is 5.38. The van der Waals surface area contributed by atoms with Crippen molar-refractivity contribution in [2.24, 2.45) is 0 Å². The van der Waals surface area contributed by atoms with E-state index in [0.29, 0.717) is 6.04 Å². The molecule has 1 saturated heterocycles. The van der Waals surface area contributed by atoms with Gasteiger partial charge in [-0.05, 0) is 39.4 Å². The maximum Gasteiger partial charge on any atom is 0.0594 e. The van der Waals surface area contributed by atoms with Crippen molar-refractivity contribution in [3.8, 4) is 0 Å². The van der Waals surface area contributed by atoms with Gasteiger partial charge in [0.2, 0.25) is 0 Å². The van der Waals surface area contributed by atoms with Gasteiger partial charge in [0, 0.05) is 19.1 Å². The second-order valence-corrected chi connectivity index (χ2v) is 4.72. The quantitative estimate of drug-likeness (QED) is 0.661. The van der Waals surface area contributed by atoms with E-state index in [1.165, 1.54) is 32.5 Å². The average Bonchev–Trinajstić information content (AvgIpc) is 2.35. The number of hydrogen-bond donors (Lipinski definition) is 0. The van der Waals surface area contributed by atoms with Crippen LogP contribution in [0.15, 0.2) is 0 Å². The predicted molar refractivity (Wildman–Crippen MR) is 68.9 cm³/mol. The van der Waals surface area contributed by atoms with E-state index in [-0.39, 0.29) is 0 Å². The monoisotopic (exact) mass is 228 g/mol. The summed E-state index contributed by atoms with van der Waals surface area (Å²) in [6, 6.07) is 0.704. The number of rotatable bonds is 7. The van der Waals surface area contributed by atoms with Crippen molar-refractivity contribution in [1.29, 1.82) is 0 Å². The summed E-state index contributed by atoms with van der Waals surface area (Å²) in [6.07, 6.45) is 2.55. The Kier molecular flexibility index (Phi) is 7.01. The van der Waals surface area contributed by atoms with Gasteiger partial charge in [-0.1, -0.05) is 13.8 Å². The van der Waals surface area contributed by atoms with Gasteiger partial charge in [0.25, 0.3) is 0 Å². The average molecular weight is 228 g/mol. The van der Waals surface area contributed by atoms with E-state index in [1.807, 2.05) is 0 Å². The highest BCUT2D eigenvalue weighted by Gasteiger charge is 2.17. The summed E-state index contributed by atoms with van der Waals surface area (Å²) in [4.78, 5) is 5.11. The third kappa shape index (κ3) is 4.81. The summed E-state index contributed by atoms with van der Waals surface area (Å²) >= 11 is 0. The fourth-order valence-corrected chi connectivity index (χ4v) is 2.31. The Hall–Kier alpha value is -0.120. The predicted octanol–water partition coefficient (Wildman–Crippen LogP) is 1.83. The van der Waals surface area contributed by atoms with Crippen molar-refractivity contribution in [2.45, 2.75) is 39.7 Å². The zero-order valence-electron chi connectivity index (χ0n) is 11.2. The van der Waals surface area contributed by atoms with Crippen LogP contribution in [-0.2, 0) is 4.74 Å². The summed E-state index contributed by atoms with van der Waals surface area (Å²) in [5.74, 6) is 0. The van der Waals surface area contributed by atoms with Crippen LogP contribution in [0.1, 0.15) is 33.6 Å². The standard InChI is InChI=1S/C13H28N2O/c1-4-7-14(5-2)8-6-13(3)15-9-11-16-12-10-15/h13H,4-12H2,1-3H3/t13-/m0/s1. The van der Waals surface area contributed by atoms with Crippen LogP contribution in [0.2, 0.25) is 0 Å². The van der Waals surface area contributed by atoms with Gasteiger partial charge in [-0.2, -0.15) is 0 Å². The summed E-state index contributed by atoms with van der Waals surface area (Å²) in [7, 11) is 0. The second-order valence-electron chi connectivity index (χ2n) is 4.72. The molecule has 0 amide bonds. The lowest BCUT2D eigenvalue weighted by molar-refractivity contribution is 0.0168. The smallest absolute Gasteiger partial charge is 0.0594 e. The Morgan fingerprint density at radius 2 is 1.88 bits per heavy atom. The number of hydrogen-bond acceptors (Lipinski definition) is 3. The Balaban J connectivity index is 2.19. The van der Waals surface area contributed by atoms with Crippen molar-refractivity contribution in [3.05, 3.63) is 0 Å². The molecule has 0 aromatic rings. The first kappa shape index (κ1) is 13.9. The Bertz CT molecular complexity index is 169. The first-order valence-corrected chi connectivity index (χ1v) is 6.82. The number of ether oxygens (including phenoxy) is 1. The van der Waals surface area contributed by atoms with E-state index >= 15 is 0 Å². The van der Waals surface area contributed by atoms with Crippen molar-refractivity contribution >= 4 is 0 Å². The molecule has 0 aromatic heterocycles. The molecule has 0 radical (unpaired) electrons. The van der Waals surface area contributed by atoms with E-state index in [2.05, 4.69) is 30.6 Å². The van der Waals surface area contributed by atoms with E-state index in [0.717, 1.165) is 26.3 Å². The van der Waals surface area contributed by atoms with E-state index in [4.69, 9.17) is 4.74 Å². The fraction of sp³-hybridized carbons (Fsp3) is 1.00. The molecular weight excluding hydrogens is 200 g/mol. The van der Waals surface area contributed by atoms with Crippen LogP contribution in [0, 0.1) is 0 Å². The topological polar surface area (TPSA) is 15.7 Å². The molecule has 1 atom stereocenters. The molecule has 0 aromatic carbocycles. The summed E-state index contributed by atoms with van der Waals surface area (Å²) in [5.41, 5.74) is 0. The lowest BCUT2D eigenvalue weighted by Gasteiger charge is -2.33. The van der Waals surface area contributed by atoms with Gasteiger partial charge in [0.15, 0.2) is 0 Å². The summed E-state index contributed by atoms with van der Waals surface area (Å²) in [5, 5.41) is 0. The Morgan fingerprint density at radius 1 is 1.19 bits per heavy atom. The van der Waals surface area contributed by atoms with Gasteiger partial charge in [-0.25, -0.2) is 0 Å². The molecule has 1 rings (SSSR count). The molecule has 0 saturated carbocycles. The lowest BCUT2D eigenvalue weighted by Crippen LogP contribution is -2.43. The zero-order valence-corrected chi connectivity index (χ0v) is 11.2. The highest BCUT2D eigenvalue weighted by atomic mass is 16.5. The van der Waals surface area contributed by atoms with Crippen molar-refractivity contribution in [2.75, 3.05) is 45.9 Å². The van der Waals surface area contributed by atoms with Gasteiger partial charge in [0.05, 0.1) is 13.2 Å². The zero-order chi connectivity index (χ0) is 11.8.